The highest BCUT2D eigenvalue weighted by molar-refractivity contribution is 7.86. The third kappa shape index (κ3) is 4.17. The molecule has 8 heteroatoms. The molecule has 0 spiro atoms. The normalized spacial score (nSPS) is 22.1. The molecule has 2 aliphatic rings. The zero-order valence-corrected chi connectivity index (χ0v) is 12.2. The molecule has 0 aromatic rings. The lowest BCUT2D eigenvalue weighted by Crippen LogP contribution is -2.57. The van der Waals surface area contributed by atoms with Gasteiger partial charge in [-0.2, -0.15) is 8.42 Å². The fourth-order valence-corrected chi connectivity index (χ4v) is 3.00. The molecule has 20 heavy (non-hydrogen) atoms. The first-order valence-electron chi connectivity index (χ1n) is 6.73. The molecular weight excluding hydrogens is 286 g/mol. The van der Waals surface area contributed by atoms with Gasteiger partial charge in [0.1, 0.15) is 6.10 Å². The van der Waals surface area contributed by atoms with Gasteiger partial charge in [0.25, 0.3) is 0 Å². The van der Waals surface area contributed by atoms with E-state index in [9.17, 15) is 18.0 Å². The second kappa shape index (κ2) is 6.09. The summed E-state index contributed by atoms with van der Waals surface area (Å²) in [6.07, 6.45) is 6.41. The summed E-state index contributed by atoms with van der Waals surface area (Å²) in [5.41, 5.74) is 0. The Labute approximate surface area is 118 Å². The van der Waals surface area contributed by atoms with Crippen molar-refractivity contribution in [1.82, 2.24) is 4.90 Å². The fraction of sp³-hybridized carbons (Fsp3) is 0.833. The van der Waals surface area contributed by atoms with Crippen molar-refractivity contribution in [2.75, 3.05) is 19.3 Å². The molecule has 114 valence electrons. The Morgan fingerprint density at radius 1 is 1.05 bits per heavy atom. The van der Waals surface area contributed by atoms with Crippen molar-refractivity contribution in [2.45, 2.75) is 44.2 Å². The summed E-state index contributed by atoms with van der Waals surface area (Å²) in [4.78, 5) is 24.7. The number of carbonyl (C=O) groups excluding carboxylic acids is 2. The van der Waals surface area contributed by atoms with Gasteiger partial charge >= 0.3 is 22.1 Å². The monoisotopic (exact) mass is 305 g/mol. The van der Waals surface area contributed by atoms with Gasteiger partial charge in [-0.15, -0.1) is 0 Å². The summed E-state index contributed by atoms with van der Waals surface area (Å²) in [6, 6.07) is 0.543. The molecule has 0 aromatic heterocycles. The molecule has 1 saturated carbocycles. The van der Waals surface area contributed by atoms with E-state index in [0.717, 1.165) is 12.8 Å². The smallest absolute Gasteiger partial charge is 0.432 e. The largest absolute Gasteiger partial charge is 0.451 e. The highest BCUT2D eigenvalue weighted by atomic mass is 32.2. The molecule has 0 radical (unpaired) electrons. The van der Waals surface area contributed by atoms with Crippen LogP contribution in [0.4, 0.5) is 0 Å². The van der Waals surface area contributed by atoms with Crippen molar-refractivity contribution in [2.24, 2.45) is 0 Å². The predicted octanol–water partition coefficient (Wildman–Crippen LogP) is 0.0493. The van der Waals surface area contributed by atoms with Crippen LogP contribution >= 0.6 is 0 Å². The van der Waals surface area contributed by atoms with Gasteiger partial charge in [-0.25, -0.2) is 9.59 Å². The summed E-state index contributed by atoms with van der Waals surface area (Å²) in [5.74, 6) is -2.73. The van der Waals surface area contributed by atoms with Gasteiger partial charge in [-0.05, 0) is 12.8 Å². The zero-order valence-electron chi connectivity index (χ0n) is 11.4. The first kappa shape index (κ1) is 15.2. The Morgan fingerprint density at radius 3 is 2.20 bits per heavy atom. The number of carbonyl (C=O) groups is 2. The van der Waals surface area contributed by atoms with Gasteiger partial charge in [0, 0.05) is 19.1 Å². The van der Waals surface area contributed by atoms with E-state index >= 15 is 0 Å². The molecule has 2 rings (SSSR count). The minimum absolute atomic E-state index is 0.350. The van der Waals surface area contributed by atoms with Gasteiger partial charge < -0.3 is 8.92 Å². The van der Waals surface area contributed by atoms with Gasteiger partial charge in [-0.3, -0.25) is 4.90 Å². The quantitative estimate of drug-likeness (QED) is 0.413. The van der Waals surface area contributed by atoms with Crippen molar-refractivity contribution in [1.29, 1.82) is 0 Å². The van der Waals surface area contributed by atoms with Gasteiger partial charge in [-0.1, -0.05) is 19.3 Å². The van der Waals surface area contributed by atoms with Crippen molar-refractivity contribution >= 4 is 22.1 Å². The number of nitrogens with zero attached hydrogens (tertiary/aromatic N) is 1. The van der Waals surface area contributed by atoms with Crippen LogP contribution in [0.1, 0.15) is 32.1 Å². The van der Waals surface area contributed by atoms with Crippen LogP contribution < -0.4 is 0 Å². The summed E-state index contributed by atoms with van der Waals surface area (Å²) in [7, 11) is -3.98. The van der Waals surface area contributed by atoms with Gasteiger partial charge in [0.2, 0.25) is 0 Å². The van der Waals surface area contributed by atoms with Gasteiger partial charge in [0.15, 0.2) is 0 Å². The van der Waals surface area contributed by atoms with Crippen molar-refractivity contribution in [3.05, 3.63) is 0 Å². The van der Waals surface area contributed by atoms with Crippen LogP contribution in [0.25, 0.3) is 0 Å². The van der Waals surface area contributed by atoms with E-state index in [0.29, 0.717) is 25.4 Å². The van der Waals surface area contributed by atoms with Crippen LogP contribution in [0.2, 0.25) is 0 Å². The Kier molecular flexibility index (Phi) is 4.64. The van der Waals surface area contributed by atoms with E-state index in [-0.39, 0.29) is 6.10 Å². The zero-order chi connectivity index (χ0) is 14.8. The van der Waals surface area contributed by atoms with Crippen LogP contribution in [0.5, 0.6) is 0 Å². The molecule has 7 nitrogen and oxygen atoms in total. The Morgan fingerprint density at radius 2 is 1.65 bits per heavy atom. The number of esters is 1. The number of ether oxygens (including phenoxy) is 1. The molecule has 1 heterocycles. The first-order chi connectivity index (χ1) is 9.35. The molecule has 0 unspecified atom stereocenters. The molecule has 0 aromatic carbocycles. The lowest BCUT2D eigenvalue weighted by Gasteiger charge is -2.44. The van der Waals surface area contributed by atoms with E-state index in [2.05, 4.69) is 9.08 Å². The molecule has 0 atom stereocenters. The van der Waals surface area contributed by atoms with Crippen molar-refractivity contribution in [3.8, 4) is 0 Å². The number of hydrogen-bond acceptors (Lipinski definition) is 7. The summed E-state index contributed by atoms with van der Waals surface area (Å²) >= 11 is 0. The third-order valence-electron chi connectivity index (χ3n) is 3.63. The van der Waals surface area contributed by atoms with Gasteiger partial charge in [0.05, 0.1) is 6.26 Å². The van der Waals surface area contributed by atoms with E-state index in [4.69, 9.17) is 4.74 Å². The number of likely N-dealkylation sites (tertiary alicyclic amines) is 1. The fourth-order valence-electron chi connectivity index (χ4n) is 2.66. The van der Waals surface area contributed by atoms with Crippen LogP contribution in [0.15, 0.2) is 0 Å². The topological polar surface area (TPSA) is 90.0 Å². The van der Waals surface area contributed by atoms with Crippen molar-refractivity contribution in [3.63, 3.8) is 0 Å². The SMILES string of the molecule is CS(=O)(=O)OC(=O)C(=O)OC1CN(C2CCCCC2)C1. The van der Waals surface area contributed by atoms with Crippen LogP contribution in [0.3, 0.4) is 0 Å². The molecule has 1 aliphatic carbocycles. The Bertz CT molecular complexity index is 476. The minimum atomic E-state index is -3.98. The molecule has 0 N–H and O–H groups in total. The lowest BCUT2D eigenvalue weighted by molar-refractivity contribution is -0.172. The second-order valence-corrected chi connectivity index (χ2v) is 6.92. The Balaban J connectivity index is 1.71. The second-order valence-electron chi connectivity index (χ2n) is 5.35. The molecule has 1 saturated heterocycles. The highest BCUT2D eigenvalue weighted by Gasteiger charge is 2.37. The van der Waals surface area contributed by atoms with E-state index < -0.39 is 22.1 Å². The summed E-state index contributed by atoms with van der Waals surface area (Å²) in [5, 5.41) is 0. The summed E-state index contributed by atoms with van der Waals surface area (Å²) < 4.78 is 30.3. The highest BCUT2D eigenvalue weighted by Crippen LogP contribution is 2.27. The standard InChI is InChI=1S/C12H19NO6S/c1-20(16,17)19-12(15)11(14)18-10-7-13(8-10)9-5-3-2-4-6-9/h9-10H,2-8H2,1H3. The van der Waals surface area contributed by atoms with E-state index in [1.54, 1.807) is 0 Å². The molecule has 2 fully saturated rings. The summed E-state index contributed by atoms with van der Waals surface area (Å²) in [6.45, 7) is 1.20. The number of hydrogen-bond donors (Lipinski definition) is 0. The average molecular weight is 305 g/mol. The maximum atomic E-state index is 11.3. The molecule has 0 bridgehead atoms. The lowest BCUT2D eigenvalue weighted by atomic mass is 9.92. The van der Waals surface area contributed by atoms with Crippen LogP contribution in [-0.4, -0.2) is 56.7 Å². The predicted molar refractivity (Wildman–Crippen MR) is 69.3 cm³/mol. The maximum Gasteiger partial charge on any atom is 0.432 e. The first-order valence-corrected chi connectivity index (χ1v) is 8.55. The number of rotatable bonds is 3. The van der Waals surface area contributed by atoms with E-state index in [1.165, 1.54) is 19.3 Å². The molecule has 0 amide bonds. The third-order valence-corrected chi connectivity index (χ3v) is 4.09. The van der Waals surface area contributed by atoms with E-state index in [1.807, 2.05) is 0 Å². The molecular formula is C12H19NO6S. The van der Waals surface area contributed by atoms with Crippen LogP contribution in [0, 0.1) is 0 Å². The Hall–Kier alpha value is -1.15. The average Bonchev–Trinajstić information content (AvgIpc) is 2.31. The molecule has 1 aliphatic heterocycles. The van der Waals surface area contributed by atoms with Crippen LogP contribution in [-0.2, 0) is 28.6 Å². The van der Waals surface area contributed by atoms with Crippen molar-refractivity contribution < 1.29 is 26.9 Å². The minimum Gasteiger partial charge on any atom is -0.451 e. The maximum absolute atomic E-state index is 11.3.